The number of amides is 4. The van der Waals surface area contributed by atoms with E-state index in [2.05, 4.69) is 16.0 Å². The predicted molar refractivity (Wildman–Crippen MR) is 106 cm³/mol. The van der Waals surface area contributed by atoms with Crippen molar-refractivity contribution >= 4 is 23.5 Å². The third-order valence-electron chi connectivity index (χ3n) is 5.36. The van der Waals surface area contributed by atoms with Crippen LogP contribution in [0.25, 0.3) is 0 Å². The minimum absolute atomic E-state index is 0.0224. The number of rotatable bonds is 6. The number of anilines is 1. The molecule has 158 valence electrons. The quantitative estimate of drug-likeness (QED) is 0.543. The maximum absolute atomic E-state index is 12.5. The summed E-state index contributed by atoms with van der Waals surface area (Å²) in [5.74, 6) is 0.881. The van der Waals surface area contributed by atoms with Crippen LogP contribution in [0.2, 0.25) is 0 Å². The average molecular weight is 405 g/mol. The standard InChI is InChI=1S/C20H28N4O5/c1-3-13(2)21-20(27)23-18(25)11-24-8-6-14(7-9-24)19(26)22-15-4-5-16-17(10-15)29-12-28-16/h4-5,10,13-14H,3,6-9,11-12H2,1-2H3,(H,22,26)(H2,21,23,25,27)/p+1/t13-/m1/s1. The molecule has 0 aliphatic carbocycles. The van der Waals surface area contributed by atoms with Gasteiger partial charge in [-0.05, 0) is 25.5 Å². The molecule has 2 heterocycles. The highest BCUT2D eigenvalue weighted by molar-refractivity contribution is 5.95. The number of hydrogen-bond donors (Lipinski definition) is 4. The third-order valence-corrected chi connectivity index (χ3v) is 5.36. The molecule has 1 fully saturated rings. The number of carbonyl (C=O) groups excluding carboxylic acids is 3. The first-order valence-corrected chi connectivity index (χ1v) is 10.1. The molecule has 1 saturated heterocycles. The van der Waals surface area contributed by atoms with Crippen LogP contribution in [0.3, 0.4) is 0 Å². The zero-order valence-corrected chi connectivity index (χ0v) is 16.9. The van der Waals surface area contributed by atoms with Crippen molar-refractivity contribution in [3.8, 4) is 11.5 Å². The number of urea groups is 1. The van der Waals surface area contributed by atoms with Gasteiger partial charge in [-0.1, -0.05) is 6.92 Å². The lowest BCUT2D eigenvalue weighted by molar-refractivity contribution is -0.897. The predicted octanol–water partition coefficient (Wildman–Crippen LogP) is 0.273. The van der Waals surface area contributed by atoms with E-state index in [4.69, 9.17) is 9.47 Å². The summed E-state index contributed by atoms with van der Waals surface area (Å²) >= 11 is 0. The van der Waals surface area contributed by atoms with Crippen LogP contribution in [-0.2, 0) is 9.59 Å². The molecule has 2 aliphatic heterocycles. The monoisotopic (exact) mass is 405 g/mol. The van der Waals surface area contributed by atoms with E-state index in [-0.39, 0.29) is 37.1 Å². The van der Waals surface area contributed by atoms with Gasteiger partial charge in [0, 0.05) is 36.6 Å². The number of ether oxygens (including phenoxy) is 2. The summed E-state index contributed by atoms with van der Waals surface area (Å²) in [6, 6.07) is 4.90. The van der Waals surface area contributed by atoms with Gasteiger partial charge in [0.25, 0.3) is 5.91 Å². The summed E-state index contributed by atoms with van der Waals surface area (Å²) in [6.07, 6.45) is 2.19. The minimum Gasteiger partial charge on any atom is -0.454 e. The topological polar surface area (TPSA) is 110 Å². The Balaban J connectivity index is 1.40. The van der Waals surface area contributed by atoms with Crippen LogP contribution in [0.5, 0.6) is 11.5 Å². The van der Waals surface area contributed by atoms with E-state index in [1.54, 1.807) is 18.2 Å². The van der Waals surface area contributed by atoms with Gasteiger partial charge in [-0.15, -0.1) is 0 Å². The molecule has 0 spiro atoms. The normalized spacial score (nSPS) is 21.2. The van der Waals surface area contributed by atoms with E-state index < -0.39 is 6.03 Å². The van der Waals surface area contributed by atoms with Crippen LogP contribution in [0.1, 0.15) is 33.1 Å². The number of imide groups is 1. The maximum Gasteiger partial charge on any atom is 0.321 e. The van der Waals surface area contributed by atoms with Crippen molar-refractivity contribution in [2.75, 3.05) is 31.7 Å². The molecule has 3 rings (SSSR count). The van der Waals surface area contributed by atoms with Gasteiger partial charge in [-0.3, -0.25) is 14.9 Å². The van der Waals surface area contributed by atoms with Crippen molar-refractivity contribution in [3.05, 3.63) is 18.2 Å². The van der Waals surface area contributed by atoms with Crippen LogP contribution in [0.4, 0.5) is 10.5 Å². The molecule has 0 aromatic heterocycles. The highest BCUT2D eigenvalue weighted by atomic mass is 16.7. The van der Waals surface area contributed by atoms with Crippen LogP contribution >= 0.6 is 0 Å². The first kappa shape index (κ1) is 20.9. The molecule has 0 radical (unpaired) electrons. The second kappa shape index (κ2) is 9.60. The molecule has 29 heavy (non-hydrogen) atoms. The van der Waals surface area contributed by atoms with Crippen molar-refractivity contribution in [1.82, 2.24) is 10.6 Å². The van der Waals surface area contributed by atoms with E-state index >= 15 is 0 Å². The third kappa shape index (κ3) is 5.83. The number of piperidine rings is 1. The number of carbonyl (C=O) groups is 3. The Hall–Kier alpha value is -2.81. The first-order valence-electron chi connectivity index (χ1n) is 10.1. The van der Waals surface area contributed by atoms with E-state index in [0.717, 1.165) is 11.3 Å². The van der Waals surface area contributed by atoms with Crippen LogP contribution in [0, 0.1) is 5.92 Å². The molecule has 0 bridgehead atoms. The Morgan fingerprint density at radius 3 is 2.62 bits per heavy atom. The molecule has 0 saturated carbocycles. The fraction of sp³-hybridized carbons (Fsp3) is 0.550. The Bertz CT molecular complexity index is 761. The number of likely N-dealkylation sites (tertiary alicyclic amines) is 1. The zero-order valence-electron chi connectivity index (χ0n) is 16.9. The van der Waals surface area contributed by atoms with Crippen molar-refractivity contribution < 1.29 is 28.8 Å². The molecule has 1 aromatic carbocycles. The van der Waals surface area contributed by atoms with E-state index in [1.165, 1.54) is 0 Å². The van der Waals surface area contributed by atoms with Crippen molar-refractivity contribution in [3.63, 3.8) is 0 Å². The van der Waals surface area contributed by atoms with Crippen LogP contribution in [-0.4, -0.2) is 50.3 Å². The van der Waals surface area contributed by atoms with Gasteiger partial charge in [0.05, 0.1) is 13.1 Å². The molecule has 4 amide bonds. The number of hydrogen-bond acceptors (Lipinski definition) is 5. The Kier molecular flexibility index (Phi) is 6.92. The van der Waals surface area contributed by atoms with Crippen molar-refractivity contribution in [1.29, 1.82) is 0 Å². The lowest BCUT2D eigenvalue weighted by atomic mass is 9.96. The molecule has 0 unspecified atom stereocenters. The van der Waals surface area contributed by atoms with Gasteiger partial charge < -0.3 is 25.0 Å². The molecular weight excluding hydrogens is 376 g/mol. The van der Waals surface area contributed by atoms with Gasteiger partial charge >= 0.3 is 6.03 Å². The summed E-state index contributed by atoms with van der Waals surface area (Å²) < 4.78 is 10.6. The smallest absolute Gasteiger partial charge is 0.321 e. The average Bonchev–Trinajstić information content (AvgIpc) is 3.16. The minimum atomic E-state index is -0.457. The van der Waals surface area contributed by atoms with Gasteiger partial charge in [0.1, 0.15) is 0 Å². The van der Waals surface area contributed by atoms with Gasteiger partial charge in [-0.2, -0.15) is 0 Å². The number of benzene rings is 1. The molecule has 9 heteroatoms. The maximum atomic E-state index is 12.5. The largest absolute Gasteiger partial charge is 0.454 e. The summed E-state index contributed by atoms with van der Waals surface area (Å²) in [4.78, 5) is 37.4. The number of nitrogens with one attached hydrogen (secondary N) is 4. The molecule has 1 atom stereocenters. The summed E-state index contributed by atoms with van der Waals surface area (Å²) in [5, 5.41) is 8.01. The first-order chi connectivity index (χ1) is 13.9. The highest BCUT2D eigenvalue weighted by Gasteiger charge is 2.29. The van der Waals surface area contributed by atoms with Gasteiger partial charge in [-0.25, -0.2) is 4.79 Å². The Morgan fingerprint density at radius 1 is 1.17 bits per heavy atom. The van der Waals surface area contributed by atoms with E-state index in [1.807, 2.05) is 13.8 Å². The molecule has 2 aliphatic rings. The van der Waals surface area contributed by atoms with Crippen LogP contribution < -0.4 is 30.3 Å². The zero-order chi connectivity index (χ0) is 20.8. The number of fused-ring (bicyclic) bond motifs is 1. The van der Waals surface area contributed by atoms with Crippen molar-refractivity contribution in [2.45, 2.75) is 39.2 Å². The highest BCUT2D eigenvalue weighted by Crippen LogP contribution is 2.34. The van der Waals surface area contributed by atoms with Crippen molar-refractivity contribution in [2.24, 2.45) is 5.92 Å². The molecular formula is C20H29N4O5+. The molecule has 9 nitrogen and oxygen atoms in total. The fourth-order valence-corrected chi connectivity index (χ4v) is 3.44. The van der Waals surface area contributed by atoms with E-state index in [9.17, 15) is 14.4 Å². The molecule has 4 N–H and O–H groups in total. The lowest BCUT2D eigenvalue weighted by Gasteiger charge is -2.28. The summed E-state index contributed by atoms with van der Waals surface area (Å²) in [7, 11) is 0. The second-order valence-electron chi connectivity index (χ2n) is 7.59. The Morgan fingerprint density at radius 2 is 1.90 bits per heavy atom. The van der Waals surface area contributed by atoms with Crippen LogP contribution in [0.15, 0.2) is 18.2 Å². The van der Waals surface area contributed by atoms with Gasteiger partial charge in [0.2, 0.25) is 12.7 Å². The SMILES string of the molecule is CC[C@@H](C)NC(=O)NC(=O)C[NH+]1CCC(C(=O)Nc2ccc3c(c2)OCO3)CC1. The summed E-state index contributed by atoms with van der Waals surface area (Å²) in [6.45, 7) is 5.68. The molecule has 1 aromatic rings. The fourth-order valence-electron chi connectivity index (χ4n) is 3.44. The second-order valence-corrected chi connectivity index (χ2v) is 7.59. The Labute approximate surface area is 170 Å². The lowest BCUT2D eigenvalue weighted by Crippen LogP contribution is -3.14. The summed E-state index contributed by atoms with van der Waals surface area (Å²) in [5.41, 5.74) is 0.681. The number of quaternary nitrogens is 1. The van der Waals surface area contributed by atoms with Gasteiger partial charge in [0.15, 0.2) is 18.0 Å². The van der Waals surface area contributed by atoms with E-state index in [0.29, 0.717) is 43.1 Å².